The molecule has 0 radical (unpaired) electrons. The summed E-state index contributed by atoms with van der Waals surface area (Å²) in [7, 11) is 0. The minimum atomic E-state index is -0.325. The maximum Gasteiger partial charge on any atom is 0.258 e. The third-order valence-corrected chi connectivity index (χ3v) is 3.09. The van der Waals surface area contributed by atoms with Gasteiger partial charge in [0, 0.05) is 18.0 Å². The molecule has 3 rings (SSSR count). The highest BCUT2D eigenvalue weighted by Crippen LogP contribution is 2.21. The zero-order valence-corrected chi connectivity index (χ0v) is 10.8. The van der Waals surface area contributed by atoms with Crippen LogP contribution in [0.15, 0.2) is 35.4 Å². The van der Waals surface area contributed by atoms with Gasteiger partial charge in [0.25, 0.3) is 5.56 Å². The first kappa shape index (κ1) is 12.3. The lowest BCUT2D eigenvalue weighted by Gasteiger charge is -2.05. The largest absolute Gasteiger partial charge is 0.493 e. The molecule has 0 saturated carbocycles. The van der Waals surface area contributed by atoms with Crippen LogP contribution in [0.3, 0.4) is 0 Å². The van der Waals surface area contributed by atoms with Gasteiger partial charge in [0.05, 0.1) is 16.6 Å². The van der Waals surface area contributed by atoms with Crippen LogP contribution in [0.2, 0.25) is 0 Å². The van der Waals surface area contributed by atoms with Crippen molar-refractivity contribution in [2.45, 2.75) is 13.3 Å². The molecule has 0 amide bonds. The van der Waals surface area contributed by atoms with Crippen LogP contribution in [0, 0.1) is 0 Å². The number of aromatic hydroxyl groups is 1. The van der Waals surface area contributed by atoms with Crippen LogP contribution < -0.4 is 5.56 Å². The lowest BCUT2D eigenvalue weighted by molar-refractivity contribution is 0.444. The van der Waals surface area contributed by atoms with E-state index in [0.29, 0.717) is 23.3 Å². The third kappa shape index (κ3) is 2.01. The summed E-state index contributed by atoms with van der Waals surface area (Å²) in [5.41, 5.74) is 2.09. The van der Waals surface area contributed by atoms with Crippen LogP contribution in [0.5, 0.6) is 5.88 Å². The lowest BCUT2D eigenvalue weighted by atomic mass is 10.1. The van der Waals surface area contributed by atoms with E-state index in [1.165, 1.54) is 0 Å². The van der Waals surface area contributed by atoms with Crippen LogP contribution in [-0.4, -0.2) is 25.0 Å². The van der Waals surface area contributed by atoms with Gasteiger partial charge in [-0.15, -0.1) is 0 Å². The molecule has 0 saturated heterocycles. The Balaban J connectivity index is 2.18. The van der Waals surface area contributed by atoms with Gasteiger partial charge in [0.15, 0.2) is 0 Å². The Hall–Kier alpha value is -2.76. The van der Waals surface area contributed by atoms with Crippen molar-refractivity contribution < 1.29 is 5.11 Å². The average Bonchev–Trinajstić information content (AvgIpc) is 2.46. The smallest absolute Gasteiger partial charge is 0.258 e. The van der Waals surface area contributed by atoms with Gasteiger partial charge < -0.3 is 10.1 Å². The molecule has 0 bridgehead atoms. The fourth-order valence-electron chi connectivity index (χ4n) is 2.05. The van der Waals surface area contributed by atoms with Crippen LogP contribution in [0.1, 0.15) is 12.5 Å². The van der Waals surface area contributed by atoms with Crippen molar-refractivity contribution in [1.29, 1.82) is 0 Å². The molecule has 0 spiro atoms. The minimum absolute atomic E-state index is 0.231. The van der Waals surface area contributed by atoms with E-state index in [1.54, 1.807) is 37.5 Å². The number of benzene rings is 1. The molecule has 6 heteroatoms. The number of aromatic nitrogens is 4. The fourth-order valence-corrected chi connectivity index (χ4v) is 2.05. The van der Waals surface area contributed by atoms with Crippen LogP contribution in [0.4, 0.5) is 0 Å². The van der Waals surface area contributed by atoms with Gasteiger partial charge in [0.1, 0.15) is 5.82 Å². The number of H-pyrrole nitrogens is 1. The molecule has 20 heavy (non-hydrogen) atoms. The van der Waals surface area contributed by atoms with Crippen molar-refractivity contribution in [3.05, 3.63) is 46.5 Å². The molecule has 0 aliphatic heterocycles. The fraction of sp³-hybridized carbons (Fsp3) is 0.143. The summed E-state index contributed by atoms with van der Waals surface area (Å²) in [6.45, 7) is 1.79. The van der Waals surface area contributed by atoms with Crippen molar-refractivity contribution in [3.63, 3.8) is 0 Å². The van der Waals surface area contributed by atoms with E-state index in [9.17, 15) is 9.90 Å². The van der Waals surface area contributed by atoms with E-state index in [0.717, 1.165) is 5.52 Å². The zero-order valence-electron chi connectivity index (χ0n) is 10.8. The Morgan fingerprint density at radius 3 is 2.65 bits per heavy atom. The van der Waals surface area contributed by atoms with Gasteiger partial charge in [-0.25, -0.2) is 0 Å². The molecule has 0 fully saturated rings. The van der Waals surface area contributed by atoms with E-state index >= 15 is 0 Å². The second kappa shape index (κ2) is 4.73. The van der Waals surface area contributed by atoms with Crippen molar-refractivity contribution in [3.8, 4) is 17.3 Å². The van der Waals surface area contributed by atoms with E-state index in [4.69, 9.17) is 0 Å². The molecule has 0 aliphatic carbocycles. The highest BCUT2D eigenvalue weighted by atomic mass is 16.3. The van der Waals surface area contributed by atoms with Gasteiger partial charge in [0.2, 0.25) is 5.88 Å². The Bertz CT molecular complexity index is 842. The summed E-state index contributed by atoms with van der Waals surface area (Å²) in [6.07, 6.45) is 3.64. The number of rotatable bonds is 2. The Kier molecular flexibility index (Phi) is 2.90. The number of aromatic amines is 1. The Morgan fingerprint density at radius 1 is 1.20 bits per heavy atom. The van der Waals surface area contributed by atoms with Crippen molar-refractivity contribution in [1.82, 2.24) is 19.9 Å². The van der Waals surface area contributed by atoms with Gasteiger partial charge in [-0.2, -0.15) is 4.98 Å². The van der Waals surface area contributed by atoms with E-state index in [2.05, 4.69) is 19.9 Å². The second-order valence-corrected chi connectivity index (χ2v) is 4.33. The van der Waals surface area contributed by atoms with Crippen molar-refractivity contribution in [2.75, 3.05) is 0 Å². The minimum Gasteiger partial charge on any atom is -0.493 e. The molecule has 0 atom stereocenters. The Labute approximate surface area is 114 Å². The van der Waals surface area contributed by atoms with Gasteiger partial charge in [-0.1, -0.05) is 6.92 Å². The SMILES string of the molecule is CCc1c(O)nc(-c2ccc3nccnc3c2)[nH]c1=O. The molecule has 100 valence electrons. The first-order valence-electron chi connectivity index (χ1n) is 6.22. The van der Waals surface area contributed by atoms with Crippen LogP contribution >= 0.6 is 0 Å². The molecular formula is C14H12N4O2. The number of fused-ring (bicyclic) bond motifs is 1. The summed E-state index contributed by atoms with van der Waals surface area (Å²) in [4.78, 5) is 26.9. The standard InChI is InChI=1S/C14H12N4O2/c1-2-9-13(19)17-12(18-14(9)20)8-3-4-10-11(7-8)16-6-5-15-10/h3-7H,2H2,1H3,(H2,17,18,19,20). The van der Waals surface area contributed by atoms with Gasteiger partial charge in [-0.3, -0.25) is 14.8 Å². The summed E-state index contributed by atoms with van der Waals surface area (Å²) in [6, 6.07) is 5.34. The molecule has 2 heterocycles. The van der Waals surface area contributed by atoms with E-state index < -0.39 is 0 Å². The van der Waals surface area contributed by atoms with Crippen molar-refractivity contribution >= 4 is 11.0 Å². The zero-order chi connectivity index (χ0) is 14.1. The molecule has 2 N–H and O–H groups in total. The normalized spacial score (nSPS) is 10.8. The number of nitrogens with zero attached hydrogens (tertiary/aromatic N) is 3. The predicted octanol–water partition coefficient (Wildman–Crippen LogP) is 1.65. The Morgan fingerprint density at radius 2 is 1.95 bits per heavy atom. The summed E-state index contributed by atoms with van der Waals surface area (Å²) in [5, 5.41) is 9.79. The monoisotopic (exact) mass is 268 g/mol. The molecule has 1 aromatic carbocycles. The topological polar surface area (TPSA) is 91.8 Å². The molecule has 0 unspecified atom stereocenters. The molecule has 6 nitrogen and oxygen atoms in total. The molecular weight excluding hydrogens is 256 g/mol. The third-order valence-electron chi connectivity index (χ3n) is 3.09. The van der Waals surface area contributed by atoms with Gasteiger partial charge >= 0.3 is 0 Å². The van der Waals surface area contributed by atoms with E-state index in [-0.39, 0.29) is 17.0 Å². The maximum absolute atomic E-state index is 11.8. The molecule has 2 aromatic heterocycles. The first-order chi connectivity index (χ1) is 9.69. The number of hydrogen-bond acceptors (Lipinski definition) is 5. The average molecular weight is 268 g/mol. The number of hydrogen-bond donors (Lipinski definition) is 2. The summed E-state index contributed by atoms with van der Waals surface area (Å²) < 4.78 is 0. The maximum atomic E-state index is 11.8. The number of nitrogens with one attached hydrogen (secondary N) is 1. The first-order valence-corrected chi connectivity index (χ1v) is 6.22. The van der Waals surface area contributed by atoms with Crippen LogP contribution in [-0.2, 0) is 6.42 Å². The second-order valence-electron chi connectivity index (χ2n) is 4.33. The van der Waals surface area contributed by atoms with Crippen molar-refractivity contribution in [2.24, 2.45) is 0 Å². The highest BCUT2D eigenvalue weighted by Gasteiger charge is 2.10. The van der Waals surface area contributed by atoms with Gasteiger partial charge in [-0.05, 0) is 24.6 Å². The van der Waals surface area contributed by atoms with Crippen LogP contribution in [0.25, 0.3) is 22.4 Å². The lowest BCUT2D eigenvalue weighted by Crippen LogP contribution is -2.14. The molecule has 0 aliphatic rings. The molecule has 3 aromatic rings. The quantitative estimate of drug-likeness (QED) is 0.737. The van der Waals surface area contributed by atoms with E-state index in [1.807, 2.05) is 0 Å². The predicted molar refractivity (Wildman–Crippen MR) is 74.4 cm³/mol. The highest BCUT2D eigenvalue weighted by molar-refractivity contribution is 5.79. The summed E-state index contributed by atoms with van der Waals surface area (Å²) in [5.74, 6) is 0.0859. The summed E-state index contributed by atoms with van der Waals surface area (Å²) >= 11 is 0.